The van der Waals surface area contributed by atoms with E-state index in [0.29, 0.717) is 12.8 Å². The molecule has 0 rings (SSSR count). The molecule has 258 valence electrons. The van der Waals surface area contributed by atoms with Gasteiger partial charge in [0.25, 0.3) is 0 Å². The van der Waals surface area contributed by atoms with Crippen LogP contribution in [0, 0.1) is 0 Å². The number of ether oxygens (including phenoxy) is 2. The SMILES string of the molecule is CC/C=C\C/C=C\C/C=C\C/C=C\C/C=C\CCCC(=O)OC[C@H](COP(=O)(O)O)OC(=O)CCCCCCCCCCCC. The van der Waals surface area contributed by atoms with E-state index in [2.05, 4.69) is 73.1 Å². The van der Waals surface area contributed by atoms with Crippen LogP contribution in [0.4, 0.5) is 0 Å². The number of esters is 2. The molecule has 45 heavy (non-hydrogen) atoms. The van der Waals surface area contributed by atoms with Gasteiger partial charge < -0.3 is 19.3 Å². The molecule has 0 saturated carbocycles. The van der Waals surface area contributed by atoms with Crippen molar-refractivity contribution >= 4 is 19.8 Å². The van der Waals surface area contributed by atoms with E-state index >= 15 is 0 Å². The molecule has 0 fully saturated rings. The van der Waals surface area contributed by atoms with Gasteiger partial charge in [0, 0.05) is 12.8 Å². The first-order chi connectivity index (χ1) is 21.8. The van der Waals surface area contributed by atoms with Crippen molar-refractivity contribution in [1.29, 1.82) is 0 Å². The second kappa shape index (κ2) is 31.7. The van der Waals surface area contributed by atoms with E-state index in [1.807, 2.05) is 6.08 Å². The van der Waals surface area contributed by atoms with Crippen LogP contribution in [0.15, 0.2) is 60.8 Å². The van der Waals surface area contributed by atoms with Gasteiger partial charge in [-0.25, -0.2) is 4.57 Å². The second-order valence-electron chi connectivity index (χ2n) is 11.1. The maximum absolute atomic E-state index is 12.3. The fraction of sp³-hybridized carbons (Fsp3) is 0.667. The fourth-order valence-electron chi connectivity index (χ4n) is 4.29. The predicted molar refractivity (Wildman–Crippen MR) is 184 cm³/mol. The normalized spacial score (nSPS) is 13.2. The van der Waals surface area contributed by atoms with Crippen LogP contribution < -0.4 is 0 Å². The van der Waals surface area contributed by atoms with Crippen LogP contribution in [0.3, 0.4) is 0 Å². The van der Waals surface area contributed by atoms with Gasteiger partial charge >= 0.3 is 19.8 Å². The first kappa shape index (κ1) is 42.8. The summed E-state index contributed by atoms with van der Waals surface area (Å²) in [4.78, 5) is 42.5. The Labute approximate surface area is 273 Å². The number of phosphoric ester groups is 1. The molecule has 1 atom stereocenters. The quantitative estimate of drug-likeness (QED) is 0.0341. The highest BCUT2D eigenvalue weighted by molar-refractivity contribution is 7.46. The summed E-state index contributed by atoms with van der Waals surface area (Å²) in [5.41, 5.74) is 0. The van der Waals surface area contributed by atoms with E-state index in [-0.39, 0.29) is 19.4 Å². The molecule has 0 saturated heterocycles. The number of carbonyl (C=O) groups is 2. The van der Waals surface area contributed by atoms with Crippen LogP contribution >= 0.6 is 7.82 Å². The van der Waals surface area contributed by atoms with E-state index in [0.717, 1.165) is 57.8 Å². The molecule has 0 heterocycles. The third kappa shape index (κ3) is 34.5. The van der Waals surface area contributed by atoms with Crippen molar-refractivity contribution in [3.05, 3.63) is 60.8 Å². The van der Waals surface area contributed by atoms with Crippen LogP contribution in [-0.4, -0.2) is 41.0 Å². The van der Waals surface area contributed by atoms with Crippen molar-refractivity contribution in [1.82, 2.24) is 0 Å². The summed E-state index contributed by atoms with van der Waals surface area (Å²) >= 11 is 0. The largest absolute Gasteiger partial charge is 0.469 e. The summed E-state index contributed by atoms with van der Waals surface area (Å²) in [6.07, 6.45) is 38.1. The smallest absolute Gasteiger partial charge is 0.462 e. The molecule has 0 amide bonds. The van der Waals surface area contributed by atoms with E-state index in [9.17, 15) is 14.2 Å². The molecular formula is C36H61O8P. The minimum Gasteiger partial charge on any atom is -0.462 e. The average molecular weight is 653 g/mol. The summed E-state index contributed by atoms with van der Waals surface area (Å²) in [6, 6.07) is 0. The minimum absolute atomic E-state index is 0.187. The molecule has 0 unspecified atom stereocenters. The Kier molecular flexibility index (Phi) is 30.1. The van der Waals surface area contributed by atoms with Gasteiger partial charge in [-0.15, -0.1) is 0 Å². The van der Waals surface area contributed by atoms with Gasteiger partial charge in [-0.3, -0.25) is 14.1 Å². The average Bonchev–Trinajstić information content (AvgIpc) is 3.00. The van der Waals surface area contributed by atoms with Gasteiger partial charge in [0.2, 0.25) is 0 Å². The van der Waals surface area contributed by atoms with Gasteiger partial charge in [0.05, 0.1) is 6.61 Å². The van der Waals surface area contributed by atoms with Crippen molar-refractivity contribution in [2.75, 3.05) is 13.2 Å². The van der Waals surface area contributed by atoms with Crippen LogP contribution in [0.1, 0.15) is 136 Å². The molecule has 0 aromatic heterocycles. The standard InChI is InChI=1S/C36H61O8P/c1-3-5-7-9-11-13-15-16-17-18-19-20-21-23-24-26-28-30-35(37)42-32-34(33-43-45(39,40)41)44-36(38)31-29-27-25-22-14-12-10-8-6-4-2/h5,7,11,13,16-17,19-20,23-24,34H,3-4,6,8-10,12,14-15,18,21-22,25-33H2,1-2H3,(H2,39,40,41)/b7-5-,13-11-,17-16-,20-19-,24-23-/t34-/m1/s1. The number of hydrogen-bond acceptors (Lipinski definition) is 6. The third-order valence-electron chi connectivity index (χ3n) is 6.80. The van der Waals surface area contributed by atoms with E-state index in [1.54, 1.807) is 0 Å². The van der Waals surface area contributed by atoms with Crippen molar-refractivity contribution in [3.8, 4) is 0 Å². The Morgan fingerprint density at radius 3 is 1.58 bits per heavy atom. The molecule has 0 aliphatic carbocycles. The van der Waals surface area contributed by atoms with Crippen molar-refractivity contribution < 1.29 is 37.9 Å². The number of unbranched alkanes of at least 4 members (excludes halogenated alkanes) is 10. The Hall–Kier alpha value is -2.25. The van der Waals surface area contributed by atoms with Crippen LogP contribution in [0.5, 0.6) is 0 Å². The molecule has 0 bridgehead atoms. The minimum atomic E-state index is -4.76. The second-order valence-corrected chi connectivity index (χ2v) is 12.4. The lowest BCUT2D eigenvalue weighted by Gasteiger charge is -2.18. The summed E-state index contributed by atoms with van der Waals surface area (Å²) < 4.78 is 26.1. The Morgan fingerprint density at radius 1 is 0.600 bits per heavy atom. The molecule has 0 aliphatic heterocycles. The first-order valence-electron chi connectivity index (χ1n) is 17.1. The molecule has 0 aromatic rings. The lowest BCUT2D eigenvalue weighted by Crippen LogP contribution is -2.29. The Balaban J connectivity index is 4.12. The maximum Gasteiger partial charge on any atom is 0.469 e. The topological polar surface area (TPSA) is 119 Å². The van der Waals surface area contributed by atoms with Gasteiger partial charge in [-0.1, -0.05) is 132 Å². The maximum atomic E-state index is 12.3. The zero-order chi connectivity index (χ0) is 33.3. The summed E-state index contributed by atoms with van der Waals surface area (Å²) in [5.74, 6) is -0.961. The number of allylic oxidation sites excluding steroid dienone is 10. The van der Waals surface area contributed by atoms with E-state index in [4.69, 9.17) is 19.3 Å². The highest BCUT2D eigenvalue weighted by atomic mass is 31.2. The van der Waals surface area contributed by atoms with Crippen LogP contribution in [-0.2, 0) is 28.2 Å². The molecule has 0 spiro atoms. The molecule has 8 nitrogen and oxygen atoms in total. The zero-order valence-corrected chi connectivity index (χ0v) is 28.9. The Morgan fingerprint density at radius 2 is 1.07 bits per heavy atom. The van der Waals surface area contributed by atoms with Crippen molar-refractivity contribution in [3.63, 3.8) is 0 Å². The lowest BCUT2D eigenvalue weighted by atomic mass is 10.1. The van der Waals surface area contributed by atoms with E-state index in [1.165, 1.54) is 38.5 Å². The number of carbonyl (C=O) groups excluding carboxylic acids is 2. The monoisotopic (exact) mass is 652 g/mol. The molecular weight excluding hydrogens is 591 g/mol. The van der Waals surface area contributed by atoms with Crippen LogP contribution in [0.2, 0.25) is 0 Å². The number of hydrogen-bond donors (Lipinski definition) is 2. The predicted octanol–water partition coefficient (Wildman–Crippen LogP) is 9.78. The van der Waals surface area contributed by atoms with E-state index < -0.39 is 32.5 Å². The zero-order valence-electron chi connectivity index (χ0n) is 28.0. The number of rotatable bonds is 30. The molecule has 2 N–H and O–H groups in total. The molecule has 0 aromatic carbocycles. The van der Waals surface area contributed by atoms with Crippen LogP contribution in [0.25, 0.3) is 0 Å². The molecule has 9 heteroatoms. The van der Waals surface area contributed by atoms with Gasteiger partial charge in [-0.05, 0) is 51.4 Å². The summed E-state index contributed by atoms with van der Waals surface area (Å²) in [7, 11) is -4.76. The van der Waals surface area contributed by atoms with Gasteiger partial charge in [-0.2, -0.15) is 0 Å². The van der Waals surface area contributed by atoms with Gasteiger partial charge in [0.1, 0.15) is 6.61 Å². The van der Waals surface area contributed by atoms with Crippen molar-refractivity contribution in [2.45, 2.75) is 142 Å². The first-order valence-corrected chi connectivity index (χ1v) is 18.6. The molecule has 0 aliphatic rings. The molecule has 0 radical (unpaired) electrons. The lowest BCUT2D eigenvalue weighted by molar-refractivity contribution is -0.161. The van der Waals surface area contributed by atoms with Crippen molar-refractivity contribution in [2.24, 2.45) is 0 Å². The third-order valence-corrected chi connectivity index (χ3v) is 7.29. The van der Waals surface area contributed by atoms with Gasteiger partial charge in [0.15, 0.2) is 6.10 Å². The fourth-order valence-corrected chi connectivity index (χ4v) is 4.65. The summed E-state index contributed by atoms with van der Waals surface area (Å²) in [5, 5.41) is 0. The summed E-state index contributed by atoms with van der Waals surface area (Å²) in [6.45, 7) is 3.47. The highest BCUT2D eigenvalue weighted by Crippen LogP contribution is 2.35. The Bertz CT molecular complexity index is 916. The number of phosphoric acid groups is 1. The highest BCUT2D eigenvalue weighted by Gasteiger charge is 2.22.